The van der Waals surface area contributed by atoms with Crippen molar-refractivity contribution in [2.45, 2.75) is 67.5 Å². The van der Waals surface area contributed by atoms with E-state index in [2.05, 4.69) is 0 Å². The molecule has 1 unspecified atom stereocenters. The topological polar surface area (TPSA) is 219 Å². The Balaban J connectivity index is 2.03. The Kier molecular flexibility index (Phi) is 8.90. The molecule has 0 radical (unpaired) electrons. The summed E-state index contributed by atoms with van der Waals surface area (Å²) < 4.78 is 20.8. The van der Waals surface area contributed by atoms with E-state index in [1.165, 1.54) is 0 Å². The van der Waals surface area contributed by atoms with Gasteiger partial charge in [0, 0.05) is 0 Å². The van der Waals surface area contributed by atoms with Gasteiger partial charge in [0.05, 0.1) is 26.4 Å². The van der Waals surface area contributed by atoms with Crippen molar-refractivity contribution in [3.8, 4) is 0 Å². The normalized spacial score (nSPS) is 45.8. The molecule has 9 N–H and O–H groups in total. The zero-order valence-electron chi connectivity index (χ0n) is 14.8. The highest BCUT2D eigenvalue weighted by atomic mass is 16.7. The van der Waals surface area contributed by atoms with E-state index in [4.69, 9.17) is 24.1 Å². The molecule has 0 aromatic rings. The van der Waals surface area contributed by atoms with Gasteiger partial charge >= 0.3 is 0 Å². The Morgan fingerprint density at radius 2 is 1.46 bits per heavy atom. The molecule has 13 nitrogen and oxygen atoms in total. The van der Waals surface area contributed by atoms with Crippen LogP contribution in [0.2, 0.25) is 0 Å². The molecule has 2 heterocycles. The van der Waals surface area contributed by atoms with Gasteiger partial charge in [-0.25, -0.2) is 0 Å². The molecule has 0 aromatic carbocycles. The van der Waals surface area contributed by atoms with E-state index in [9.17, 15) is 40.9 Å². The Morgan fingerprint density at radius 3 is 2.07 bits per heavy atom. The smallest absolute Gasteiger partial charge is 0.187 e. The number of rotatable bonds is 8. The standard InChI is InChI=1S/C15H28O13/c16-1-5(18)3-25-4-7-8(19)9(20)12(23)15(27-7)28-13-6(2-17)26-14(24)11(22)10(13)21/h5-24H,1-4H2/t5?,6-,7-,8+,9+,10-,11-,12-,13-,14+,15+/m1/s1. The van der Waals surface area contributed by atoms with Crippen molar-refractivity contribution in [1.82, 2.24) is 0 Å². The van der Waals surface area contributed by atoms with Gasteiger partial charge in [-0.3, -0.25) is 0 Å². The molecule has 0 amide bonds. The Labute approximate surface area is 159 Å². The van der Waals surface area contributed by atoms with Crippen LogP contribution >= 0.6 is 0 Å². The van der Waals surface area contributed by atoms with Gasteiger partial charge in [-0.15, -0.1) is 0 Å². The minimum absolute atomic E-state index is 0.279. The number of hydrogen-bond acceptors (Lipinski definition) is 13. The average Bonchev–Trinajstić information content (AvgIpc) is 2.69. The van der Waals surface area contributed by atoms with Crippen LogP contribution in [0.3, 0.4) is 0 Å². The van der Waals surface area contributed by atoms with Crippen molar-refractivity contribution in [3.63, 3.8) is 0 Å². The number of aliphatic hydroxyl groups excluding tert-OH is 9. The second-order valence-corrected chi connectivity index (χ2v) is 6.72. The van der Waals surface area contributed by atoms with Crippen LogP contribution in [0.25, 0.3) is 0 Å². The van der Waals surface area contributed by atoms with Crippen LogP contribution in [0.4, 0.5) is 0 Å². The third-order valence-corrected chi connectivity index (χ3v) is 4.60. The van der Waals surface area contributed by atoms with Crippen molar-refractivity contribution < 1.29 is 64.9 Å². The van der Waals surface area contributed by atoms with Crippen LogP contribution < -0.4 is 0 Å². The van der Waals surface area contributed by atoms with Crippen LogP contribution in [0, 0.1) is 0 Å². The molecule has 0 spiro atoms. The predicted molar refractivity (Wildman–Crippen MR) is 85.4 cm³/mol. The van der Waals surface area contributed by atoms with E-state index < -0.39 is 80.7 Å². The number of hydrogen-bond donors (Lipinski definition) is 9. The second kappa shape index (κ2) is 10.5. The minimum Gasteiger partial charge on any atom is -0.394 e. The maximum atomic E-state index is 10.1. The predicted octanol–water partition coefficient (Wildman–Crippen LogP) is -6.02. The van der Waals surface area contributed by atoms with E-state index in [1.54, 1.807) is 0 Å². The van der Waals surface area contributed by atoms with E-state index in [0.717, 1.165) is 0 Å². The summed E-state index contributed by atoms with van der Waals surface area (Å²) in [5.41, 5.74) is 0. The molecule has 11 atom stereocenters. The lowest BCUT2D eigenvalue weighted by molar-refractivity contribution is -0.356. The maximum Gasteiger partial charge on any atom is 0.187 e. The quantitative estimate of drug-likeness (QED) is 0.180. The monoisotopic (exact) mass is 416 g/mol. The third kappa shape index (κ3) is 5.34. The third-order valence-electron chi connectivity index (χ3n) is 4.60. The van der Waals surface area contributed by atoms with Crippen molar-refractivity contribution in [2.75, 3.05) is 26.4 Å². The molecule has 2 aliphatic rings. The van der Waals surface area contributed by atoms with E-state index in [0.29, 0.717) is 0 Å². The average molecular weight is 416 g/mol. The largest absolute Gasteiger partial charge is 0.394 e. The first-order valence-corrected chi connectivity index (χ1v) is 8.73. The lowest BCUT2D eigenvalue weighted by Crippen LogP contribution is -2.64. The molecular weight excluding hydrogens is 388 g/mol. The van der Waals surface area contributed by atoms with E-state index in [-0.39, 0.29) is 13.2 Å². The fourth-order valence-corrected chi connectivity index (χ4v) is 2.93. The summed E-state index contributed by atoms with van der Waals surface area (Å²) in [5.74, 6) is 0. The summed E-state index contributed by atoms with van der Waals surface area (Å²) in [5, 5.41) is 86.8. The lowest BCUT2D eigenvalue weighted by atomic mass is 9.97. The highest BCUT2D eigenvalue weighted by molar-refractivity contribution is 4.93. The summed E-state index contributed by atoms with van der Waals surface area (Å²) in [6.07, 6.45) is -17.0. The number of ether oxygens (including phenoxy) is 4. The van der Waals surface area contributed by atoms with Crippen molar-refractivity contribution >= 4 is 0 Å². The van der Waals surface area contributed by atoms with Crippen molar-refractivity contribution in [1.29, 1.82) is 0 Å². The summed E-state index contributed by atoms with van der Waals surface area (Å²) in [6.45, 7) is -1.86. The zero-order valence-corrected chi connectivity index (χ0v) is 14.8. The fraction of sp³-hybridized carbons (Fsp3) is 1.00. The highest BCUT2D eigenvalue weighted by Gasteiger charge is 2.50. The SMILES string of the molecule is OCC(O)COC[C@H]1O[C@@H](O[C@H]2[C@H](O)[C@@H](O)[C@@H](O)O[C@@H]2CO)[C@H](O)[C@@H](O)[C@H]1O. The minimum atomic E-state index is -1.77. The van der Waals surface area contributed by atoms with Gasteiger partial charge in [0.1, 0.15) is 54.9 Å². The molecule has 28 heavy (non-hydrogen) atoms. The molecule has 2 fully saturated rings. The zero-order chi connectivity index (χ0) is 21.0. The van der Waals surface area contributed by atoms with Crippen molar-refractivity contribution in [3.05, 3.63) is 0 Å². The maximum absolute atomic E-state index is 10.1. The van der Waals surface area contributed by atoms with Gasteiger partial charge in [-0.05, 0) is 0 Å². The molecule has 0 aliphatic carbocycles. The van der Waals surface area contributed by atoms with Crippen molar-refractivity contribution in [2.24, 2.45) is 0 Å². The van der Waals surface area contributed by atoms with Crippen LogP contribution in [-0.4, -0.2) is 140 Å². The van der Waals surface area contributed by atoms with Crippen LogP contribution in [0.1, 0.15) is 0 Å². The number of aliphatic hydroxyl groups is 9. The molecule has 13 heteroatoms. The van der Waals surface area contributed by atoms with Crippen LogP contribution in [0.5, 0.6) is 0 Å². The second-order valence-electron chi connectivity index (χ2n) is 6.72. The first-order chi connectivity index (χ1) is 13.2. The Bertz CT molecular complexity index is 465. The highest BCUT2D eigenvalue weighted by Crippen LogP contribution is 2.28. The molecule has 0 bridgehead atoms. The van der Waals surface area contributed by atoms with Gasteiger partial charge in [-0.2, -0.15) is 0 Å². The van der Waals surface area contributed by atoms with Gasteiger partial charge in [0.25, 0.3) is 0 Å². The first kappa shape index (κ1) is 23.8. The lowest BCUT2D eigenvalue weighted by Gasteiger charge is -2.45. The fourth-order valence-electron chi connectivity index (χ4n) is 2.93. The van der Waals surface area contributed by atoms with Gasteiger partial charge < -0.3 is 64.9 Å². The van der Waals surface area contributed by atoms with E-state index >= 15 is 0 Å². The summed E-state index contributed by atoms with van der Waals surface area (Å²) in [4.78, 5) is 0. The molecule has 0 saturated carbocycles. The van der Waals surface area contributed by atoms with Crippen LogP contribution in [-0.2, 0) is 18.9 Å². The summed E-state index contributed by atoms with van der Waals surface area (Å²) in [7, 11) is 0. The molecule has 2 aliphatic heterocycles. The van der Waals surface area contributed by atoms with Crippen LogP contribution in [0.15, 0.2) is 0 Å². The molecule has 2 rings (SSSR count). The van der Waals surface area contributed by atoms with E-state index in [1.807, 2.05) is 0 Å². The Morgan fingerprint density at radius 1 is 0.786 bits per heavy atom. The molecular formula is C15H28O13. The van der Waals surface area contributed by atoms with Gasteiger partial charge in [-0.1, -0.05) is 0 Å². The molecule has 0 aromatic heterocycles. The van der Waals surface area contributed by atoms with Gasteiger partial charge in [0.15, 0.2) is 12.6 Å². The Hall–Kier alpha value is -0.520. The summed E-state index contributed by atoms with van der Waals surface area (Å²) >= 11 is 0. The molecule has 166 valence electrons. The van der Waals surface area contributed by atoms with Gasteiger partial charge in [0.2, 0.25) is 0 Å². The first-order valence-electron chi connectivity index (χ1n) is 8.73. The molecule has 2 saturated heterocycles. The summed E-state index contributed by atoms with van der Waals surface area (Å²) in [6, 6.07) is 0.